The van der Waals surface area contributed by atoms with Crippen LogP contribution in [0.15, 0.2) is 0 Å². The Morgan fingerprint density at radius 2 is 1.95 bits per heavy atom. The molecule has 0 aromatic heterocycles. The highest BCUT2D eigenvalue weighted by Gasteiger charge is 2.39. The maximum Gasteiger partial charge on any atom is 0.228 e. The first-order valence-corrected chi connectivity index (χ1v) is 7.82. The van der Waals surface area contributed by atoms with Crippen molar-refractivity contribution in [1.29, 1.82) is 0 Å². The van der Waals surface area contributed by atoms with Crippen LogP contribution >= 0.6 is 0 Å². The molecule has 0 bridgehead atoms. The lowest BCUT2D eigenvalue weighted by Gasteiger charge is -2.36. The summed E-state index contributed by atoms with van der Waals surface area (Å²) in [4.78, 5) is 12.5. The Morgan fingerprint density at radius 1 is 1.30 bits per heavy atom. The number of ether oxygens (including phenoxy) is 1. The van der Waals surface area contributed by atoms with Gasteiger partial charge in [0.2, 0.25) is 5.91 Å². The molecule has 0 unspecified atom stereocenters. The molecule has 116 valence electrons. The zero-order chi connectivity index (χ0) is 14.4. The summed E-state index contributed by atoms with van der Waals surface area (Å²) in [5, 5.41) is 15.9. The van der Waals surface area contributed by atoms with Gasteiger partial charge in [-0.3, -0.25) is 4.79 Å². The molecule has 5 nitrogen and oxygen atoms in total. The fourth-order valence-electron chi connectivity index (χ4n) is 3.39. The quantitative estimate of drug-likeness (QED) is 0.694. The van der Waals surface area contributed by atoms with Gasteiger partial charge in [0, 0.05) is 13.7 Å². The Morgan fingerprint density at radius 3 is 2.55 bits per heavy atom. The molecule has 1 amide bonds. The summed E-state index contributed by atoms with van der Waals surface area (Å²) >= 11 is 0. The number of aliphatic hydroxyl groups excluding tert-OH is 1. The summed E-state index contributed by atoms with van der Waals surface area (Å²) in [5.41, 5.74) is -0.353. The number of hydrogen-bond acceptors (Lipinski definition) is 4. The molecule has 2 aliphatic rings. The van der Waals surface area contributed by atoms with E-state index in [1.807, 2.05) is 0 Å². The van der Waals surface area contributed by atoms with Crippen molar-refractivity contribution in [2.24, 2.45) is 11.3 Å². The molecule has 0 aromatic rings. The molecule has 1 saturated heterocycles. The average Bonchev–Trinajstić information content (AvgIpc) is 2.47. The smallest absolute Gasteiger partial charge is 0.228 e. The second-order valence-electron chi connectivity index (χ2n) is 6.35. The third-order valence-electron chi connectivity index (χ3n) is 4.83. The first-order valence-electron chi connectivity index (χ1n) is 7.82. The number of amides is 1. The van der Waals surface area contributed by atoms with E-state index in [-0.39, 0.29) is 17.4 Å². The lowest BCUT2D eigenvalue weighted by Crippen LogP contribution is -2.51. The number of carbonyl (C=O) groups excluding carboxylic acids is 1. The van der Waals surface area contributed by atoms with Crippen LogP contribution in [0.3, 0.4) is 0 Å². The lowest BCUT2D eigenvalue weighted by molar-refractivity contribution is -0.136. The van der Waals surface area contributed by atoms with E-state index in [9.17, 15) is 9.90 Å². The summed E-state index contributed by atoms with van der Waals surface area (Å²) < 4.78 is 5.29. The van der Waals surface area contributed by atoms with Gasteiger partial charge >= 0.3 is 0 Å². The predicted molar refractivity (Wildman–Crippen MR) is 77.4 cm³/mol. The van der Waals surface area contributed by atoms with Crippen LogP contribution in [-0.4, -0.2) is 50.5 Å². The normalized spacial score (nSPS) is 29.9. The second-order valence-corrected chi connectivity index (χ2v) is 6.35. The van der Waals surface area contributed by atoms with Crippen molar-refractivity contribution in [2.75, 3.05) is 33.4 Å². The van der Waals surface area contributed by atoms with Crippen molar-refractivity contribution in [3.63, 3.8) is 0 Å². The predicted octanol–water partition coefficient (Wildman–Crippen LogP) is 0.670. The zero-order valence-electron chi connectivity index (χ0n) is 12.5. The fourth-order valence-corrected chi connectivity index (χ4v) is 3.39. The fraction of sp³-hybridized carbons (Fsp3) is 0.933. The second kappa shape index (κ2) is 7.38. The first kappa shape index (κ1) is 15.7. The number of aliphatic hydroxyl groups is 1. The molecule has 5 heteroatoms. The van der Waals surface area contributed by atoms with Crippen LogP contribution in [0.5, 0.6) is 0 Å². The van der Waals surface area contributed by atoms with E-state index in [1.54, 1.807) is 7.11 Å². The summed E-state index contributed by atoms with van der Waals surface area (Å²) in [5.74, 6) is 0.663. The van der Waals surface area contributed by atoms with Crippen LogP contribution in [0.2, 0.25) is 0 Å². The molecule has 3 N–H and O–H groups in total. The molecular formula is C15H28N2O3. The van der Waals surface area contributed by atoms with Gasteiger partial charge in [-0.05, 0) is 57.5 Å². The van der Waals surface area contributed by atoms with Crippen LogP contribution in [0.1, 0.15) is 38.5 Å². The number of piperidine rings is 1. The van der Waals surface area contributed by atoms with Crippen LogP contribution in [0.4, 0.5) is 0 Å². The van der Waals surface area contributed by atoms with Crippen molar-refractivity contribution in [3.8, 4) is 0 Å². The molecule has 2 rings (SSSR count). The van der Waals surface area contributed by atoms with Gasteiger partial charge in [-0.25, -0.2) is 0 Å². The van der Waals surface area contributed by atoms with Gasteiger partial charge in [-0.2, -0.15) is 0 Å². The number of carbonyl (C=O) groups is 1. The molecule has 0 aromatic carbocycles. The summed E-state index contributed by atoms with van der Waals surface area (Å²) in [6, 6.07) is 0. The van der Waals surface area contributed by atoms with Crippen LogP contribution in [-0.2, 0) is 9.53 Å². The third kappa shape index (κ3) is 3.93. The van der Waals surface area contributed by atoms with Crippen LogP contribution in [0.25, 0.3) is 0 Å². The Hall–Kier alpha value is -0.650. The van der Waals surface area contributed by atoms with E-state index >= 15 is 0 Å². The minimum atomic E-state index is -0.353. The summed E-state index contributed by atoms with van der Waals surface area (Å²) in [7, 11) is 1.67. The summed E-state index contributed by atoms with van der Waals surface area (Å²) in [6.45, 7) is 3.01. The molecule has 2 fully saturated rings. The Kier molecular flexibility index (Phi) is 5.81. The van der Waals surface area contributed by atoms with Crippen molar-refractivity contribution in [1.82, 2.24) is 10.6 Å². The summed E-state index contributed by atoms with van der Waals surface area (Å²) in [6.07, 6.45) is 5.32. The number of nitrogens with one attached hydrogen (secondary N) is 2. The number of rotatable bonds is 5. The minimum Gasteiger partial charge on any atom is -0.393 e. The van der Waals surface area contributed by atoms with E-state index in [0.29, 0.717) is 12.5 Å². The van der Waals surface area contributed by atoms with Crippen LogP contribution in [0, 0.1) is 11.3 Å². The zero-order valence-corrected chi connectivity index (χ0v) is 12.5. The molecular weight excluding hydrogens is 256 g/mol. The average molecular weight is 284 g/mol. The van der Waals surface area contributed by atoms with E-state index in [1.165, 1.54) is 0 Å². The molecule has 1 aliphatic heterocycles. The highest BCUT2D eigenvalue weighted by Crippen LogP contribution is 2.30. The van der Waals surface area contributed by atoms with E-state index in [2.05, 4.69) is 10.6 Å². The standard InChI is InChI=1S/C15H28N2O3/c1-20-11-15(6-8-16-9-7-15)14(19)17-10-12-2-4-13(18)5-3-12/h12-13,16,18H,2-11H2,1H3,(H,17,19). The molecule has 0 spiro atoms. The number of hydrogen-bond donors (Lipinski definition) is 3. The van der Waals surface area contributed by atoms with E-state index in [4.69, 9.17) is 4.74 Å². The van der Waals surface area contributed by atoms with Crippen molar-refractivity contribution in [2.45, 2.75) is 44.6 Å². The largest absolute Gasteiger partial charge is 0.393 e. The highest BCUT2D eigenvalue weighted by molar-refractivity contribution is 5.83. The van der Waals surface area contributed by atoms with Gasteiger partial charge in [0.25, 0.3) is 0 Å². The van der Waals surface area contributed by atoms with E-state index < -0.39 is 0 Å². The molecule has 1 saturated carbocycles. The molecule has 0 radical (unpaired) electrons. The lowest BCUT2D eigenvalue weighted by atomic mass is 9.78. The Balaban J connectivity index is 1.82. The minimum absolute atomic E-state index is 0.133. The van der Waals surface area contributed by atoms with Gasteiger partial charge in [0.05, 0.1) is 18.1 Å². The van der Waals surface area contributed by atoms with E-state index in [0.717, 1.165) is 58.2 Å². The van der Waals surface area contributed by atoms with Gasteiger partial charge in [-0.1, -0.05) is 0 Å². The van der Waals surface area contributed by atoms with Crippen LogP contribution < -0.4 is 10.6 Å². The number of methoxy groups -OCH3 is 1. The monoisotopic (exact) mass is 284 g/mol. The SMILES string of the molecule is COCC1(C(=O)NCC2CCC(O)CC2)CCNCC1. The molecule has 1 heterocycles. The maximum absolute atomic E-state index is 12.5. The first-order chi connectivity index (χ1) is 9.66. The Labute approximate surface area is 121 Å². The molecule has 20 heavy (non-hydrogen) atoms. The molecule has 1 aliphatic carbocycles. The molecule has 0 atom stereocenters. The Bertz CT molecular complexity index is 303. The third-order valence-corrected chi connectivity index (χ3v) is 4.83. The van der Waals surface area contributed by atoms with Gasteiger partial charge < -0.3 is 20.5 Å². The van der Waals surface area contributed by atoms with Crippen molar-refractivity contribution in [3.05, 3.63) is 0 Å². The highest BCUT2D eigenvalue weighted by atomic mass is 16.5. The van der Waals surface area contributed by atoms with Gasteiger partial charge in [0.15, 0.2) is 0 Å². The van der Waals surface area contributed by atoms with Crippen molar-refractivity contribution < 1.29 is 14.6 Å². The van der Waals surface area contributed by atoms with Gasteiger partial charge in [-0.15, -0.1) is 0 Å². The van der Waals surface area contributed by atoms with Gasteiger partial charge in [0.1, 0.15) is 0 Å². The topological polar surface area (TPSA) is 70.6 Å². The maximum atomic E-state index is 12.5. The van der Waals surface area contributed by atoms with Crippen molar-refractivity contribution >= 4 is 5.91 Å².